The zero-order valence-corrected chi connectivity index (χ0v) is 13.2. The van der Waals surface area contributed by atoms with Crippen molar-refractivity contribution in [1.82, 2.24) is 4.98 Å². The highest BCUT2D eigenvalue weighted by atomic mass is 32.1. The Morgan fingerprint density at radius 3 is 2.43 bits per heavy atom. The van der Waals surface area contributed by atoms with E-state index in [-0.39, 0.29) is 0 Å². The summed E-state index contributed by atoms with van der Waals surface area (Å²) in [7, 11) is 3.31. The van der Waals surface area contributed by atoms with Crippen LogP contribution < -0.4 is 9.47 Å². The third kappa shape index (κ3) is 2.13. The quantitative estimate of drug-likeness (QED) is 0.801. The van der Waals surface area contributed by atoms with E-state index in [2.05, 4.69) is 4.98 Å². The molecule has 0 amide bonds. The van der Waals surface area contributed by atoms with Crippen LogP contribution >= 0.6 is 11.3 Å². The van der Waals surface area contributed by atoms with Gasteiger partial charge >= 0.3 is 0 Å². The average molecular weight is 303 g/mol. The van der Waals surface area contributed by atoms with Gasteiger partial charge in [0.2, 0.25) is 0 Å². The number of hydrogen-bond donors (Lipinski definition) is 1. The molecule has 2 aromatic heterocycles. The van der Waals surface area contributed by atoms with Gasteiger partial charge in [0.1, 0.15) is 11.5 Å². The molecule has 110 valence electrons. The van der Waals surface area contributed by atoms with Crippen molar-refractivity contribution in [2.45, 2.75) is 19.4 Å². The van der Waals surface area contributed by atoms with E-state index in [4.69, 9.17) is 9.47 Å². The van der Waals surface area contributed by atoms with Gasteiger partial charge in [-0.2, -0.15) is 0 Å². The molecule has 21 heavy (non-hydrogen) atoms. The molecule has 4 nitrogen and oxygen atoms in total. The van der Waals surface area contributed by atoms with Crippen LogP contribution in [0.15, 0.2) is 24.5 Å². The van der Waals surface area contributed by atoms with Crippen LogP contribution in [0.2, 0.25) is 0 Å². The molecule has 0 aliphatic carbocycles. The highest BCUT2D eigenvalue weighted by molar-refractivity contribution is 7.19. The van der Waals surface area contributed by atoms with Crippen LogP contribution in [-0.4, -0.2) is 24.3 Å². The first-order valence-electron chi connectivity index (χ1n) is 6.61. The summed E-state index contributed by atoms with van der Waals surface area (Å²) < 4.78 is 12.2. The van der Waals surface area contributed by atoms with E-state index in [0.29, 0.717) is 0 Å². The zero-order valence-electron chi connectivity index (χ0n) is 12.4. The van der Waals surface area contributed by atoms with Crippen LogP contribution in [0.5, 0.6) is 11.5 Å². The van der Waals surface area contributed by atoms with Crippen LogP contribution in [0.1, 0.15) is 18.7 Å². The molecule has 0 aliphatic rings. The van der Waals surface area contributed by atoms with E-state index in [9.17, 15) is 5.11 Å². The van der Waals surface area contributed by atoms with Gasteiger partial charge in [0.15, 0.2) is 0 Å². The van der Waals surface area contributed by atoms with Crippen molar-refractivity contribution in [3.8, 4) is 11.5 Å². The highest BCUT2D eigenvalue weighted by Gasteiger charge is 2.24. The normalized spacial score (nSPS) is 12.0. The lowest BCUT2D eigenvalue weighted by molar-refractivity contribution is 0.0826. The number of thiophene rings is 1. The van der Waals surface area contributed by atoms with Crippen molar-refractivity contribution in [1.29, 1.82) is 0 Å². The lowest BCUT2D eigenvalue weighted by atomic mass is 10.0. The second kappa shape index (κ2) is 4.86. The van der Waals surface area contributed by atoms with Crippen molar-refractivity contribution < 1.29 is 14.6 Å². The smallest absolute Gasteiger partial charge is 0.144 e. The number of rotatable bonds is 3. The van der Waals surface area contributed by atoms with Gasteiger partial charge in [0.05, 0.1) is 24.5 Å². The fraction of sp³-hybridized carbons (Fsp3) is 0.312. The Balaban J connectivity index is 2.51. The van der Waals surface area contributed by atoms with E-state index in [1.807, 2.05) is 12.1 Å². The third-order valence-corrected chi connectivity index (χ3v) is 4.95. The lowest BCUT2D eigenvalue weighted by Crippen LogP contribution is -2.12. The Morgan fingerprint density at radius 1 is 1.10 bits per heavy atom. The minimum Gasteiger partial charge on any atom is -0.495 e. The van der Waals surface area contributed by atoms with E-state index in [1.165, 1.54) is 11.3 Å². The Kier molecular flexibility index (Phi) is 3.26. The predicted molar refractivity (Wildman–Crippen MR) is 85.5 cm³/mol. The van der Waals surface area contributed by atoms with Gasteiger partial charge in [-0.3, -0.25) is 4.98 Å². The maximum absolute atomic E-state index is 10.3. The fourth-order valence-electron chi connectivity index (χ4n) is 2.49. The first-order chi connectivity index (χ1) is 9.97. The molecule has 0 radical (unpaired) electrons. The monoisotopic (exact) mass is 303 g/mol. The molecule has 0 saturated carbocycles. The van der Waals surface area contributed by atoms with Crippen LogP contribution in [0.3, 0.4) is 0 Å². The molecule has 3 rings (SSSR count). The minimum absolute atomic E-state index is 0.764. The second-order valence-corrected chi connectivity index (χ2v) is 6.45. The molecular formula is C16H17NO3S. The molecule has 0 bridgehead atoms. The summed E-state index contributed by atoms with van der Waals surface area (Å²) in [6.45, 7) is 3.55. The van der Waals surface area contributed by atoms with E-state index >= 15 is 0 Å². The summed E-state index contributed by atoms with van der Waals surface area (Å²) in [6.07, 6.45) is 3.51. The summed E-state index contributed by atoms with van der Waals surface area (Å²) >= 11 is 1.52. The predicted octanol–water partition coefficient (Wildman–Crippen LogP) is 3.69. The molecule has 0 fully saturated rings. The SMILES string of the molecule is COc1c2cnccc2c(OC)c2sc(C(C)(C)O)cc12. The number of nitrogens with zero attached hydrogens (tertiary/aromatic N) is 1. The number of aliphatic hydroxyl groups is 1. The largest absolute Gasteiger partial charge is 0.495 e. The Labute approximate surface area is 127 Å². The van der Waals surface area contributed by atoms with Gasteiger partial charge in [-0.1, -0.05) is 0 Å². The van der Waals surface area contributed by atoms with Gasteiger partial charge < -0.3 is 14.6 Å². The number of benzene rings is 1. The van der Waals surface area contributed by atoms with Crippen LogP contribution in [-0.2, 0) is 5.60 Å². The number of pyridine rings is 1. The molecule has 1 aromatic carbocycles. The molecule has 5 heteroatoms. The van der Waals surface area contributed by atoms with Crippen molar-refractivity contribution in [3.63, 3.8) is 0 Å². The number of aromatic nitrogens is 1. The summed E-state index contributed by atoms with van der Waals surface area (Å²) in [5.41, 5.74) is -0.899. The summed E-state index contributed by atoms with van der Waals surface area (Å²) in [6, 6.07) is 3.88. The standard InChI is InChI=1S/C16H17NO3S/c1-16(2,18)12-7-10-13(19-3)11-8-17-6-5-9(11)14(20-4)15(10)21-12/h5-8,18H,1-4H3. The maximum atomic E-state index is 10.3. The molecule has 0 aliphatic heterocycles. The Hall–Kier alpha value is -1.85. The Morgan fingerprint density at radius 2 is 1.81 bits per heavy atom. The van der Waals surface area contributed by atoms with Gasteiger partial charge in [0, 0.05) is 33.4 Å². The summed E-state index contributed by atoms with van der Waals surface area (Å²) in [5.74, 6) is 1.56. The van der Waals surface area contributed by atoms with Gasteiger partial charge in [-0.15, -0.1) is 11.3 Å². The molecule has 3 aromatic rings. The number of methoxy groups -OCH3 is 2. The molecule has 0 unspecified atom stereocenters. The lowest BCUT2D eigenvalue weighted by Gasteiger charge is -2.13. The molecule has 1 N–H and O–H groups in total. The number of ether oxygens (including phenoxy) is 2. The van der Waals surface area contributed by atoms with E-state index in [0.717, 1.165) is 37.2 Å². The number of fused-ring (bicyclic) bond motifs is 2. The van der Waals surface area contributed by atoms with Gasteiger partial charge in [-0.05, 0) is 26.0 Å². The topological polar surface area (TPSA) is 51.6 Å². The highest BCUT2D eigenvalue weighted by Crippen LogP contribution is 2.47. The third-order valence-electron chi connectivity index (χ3n) is 3.50. The van der Waals surface area contributed by atoms with Crippen molar-refractivity contribution in [3.05, 3.63) is 29.4 Å². The maximum Gasteiger partial charge on any atom is 0.144 e. The van der Waals surface area contributed by atoms with Crippen molar-refractivity contribution >= 4 is 32.2 Å². The van der Waals surface area contributed by atoms with Gasteiger partial charge in [0.25, 0.3) is 0 Å². The van der Waals surface area contributed by atoms with Crippen molar-refractivity contribution in [2.24, 2.45) is 0 Å². The fourth-order valence-corrected chi connectivity index (χ4v) is 3.69. The molecular weight excluding hydrogens is 286 g/mol. The van der Waals surface area contributed by atoms with Gasteiger partial charge in [-0.25, -0.2) is 0 Å². The average Bonchev–Trinajstić information content (AvgIpc) is 2.89. The molecule has 0 atom stereocenters. The van der Waals surface area contributed by atoms with Crippen LogP contribution in [0.25, 0.3) is 20.9 Å². The van der Waals surface area contributed by atoms with E-state index < -0.39 is 5.60 Å². The second-order valence-electron chi connectivity index (χ2n) is 5.40. The van der Waals surface area contributed by atoms with E-state index in [1.54, 1.807) is 40.5 Å². The molecule has 0 spiro atoms. The number of hydrogen-bond acceptors (Lipinski definition) is 5. The van der Waals surface area contributed by atoms with Crippen molar-refractivity contribution in [2.75, 3.05) is 14.2 Å². The zero-order chi connectivity index (χ0) is 15.2. The Bertz CT molecular complexity index is 757. The molecule has 0 saturated heterocycles. The summed E-state index contributed by atoms with van der Waals surface area (Å²) in [4.78, 5) is 5.05. The van der Waals surface area contributed by atoms with Crippen LogP contribution in [0.4, 0.5) is 0 Å². The molecule has 2 heterocycles. The first kappa shape index (κ1) is 14.1. The first-order valence-corrected chi connectivity index (χ1v) is 7.43. The minimum atomic E-state index is -0.899. The van der Waals surface area contributed by atoms with Crippen LogP contribution in [0, 0.1) is 0 Å². The summed E-state index contributed by atoms with van der Waals surface area (Å²) in [5, 5.41) is 13.1.